The van der Waals surface area contributed by atoms with Gasteiger partial charge in [0, 0.05) is 13.1 Å². The smallest absolute Gasteiger partial charge is 0.338 e. The number of carbonyl (C=O) groups is 1. The van der Waals surface area contributed by atoms with Crippen LogP contribution < -0.4 is 5.32 Å². The van der Waals surface area contributed by atoms with E-state index in [4.69, 9.17) is 4.74 Å². The van der Waals surface area contributed by atoms with Crippen LogP contribution in [0.4, 0.5) is 0 Å². The predicted molar refractivity (Wildman–Crippen MR) is 68.3 cm³/mol. The van der Waals surface area contributed by atoms with Crippen LogP contribution in [0.3, 0.4) is 0 Å². The van der Waals surface area contributed by atoms with Crippen molar-refractivity contribution in [3.8, 4) is 0 Å². The van der Waals surface area contributed by atoms with E-state index >= 15 is 0 Å². The number of carbonyl (C=O) groups excluding carboxylic acids is 1. The van der Waals surface area contributed by atoms with Crippen LogP contribution in [0.15, 0.2) is 24.3 Å². The Hall–Kier alpha value is -1.39. The lowest BCUT2D eigenvalue weighted by Crippen LogP contribution is -2.46. The molecule has 0 aliphatic heterocycles. The van der Waals surface area contributed by atoms with E-state index in [2.05, 4.69) is 5.32 Å². The van der Waals surface area contributed by atoms with Crippen molar-refractivity contribution in [1.29, 1.82) is 0 Å². The number of benzene rings is 1. The Morgan fingerprint density at radius 3 is 2.78 bits per heavy atom. The van der Waals surface area contributed by atoms with E-state index in [1.807, 2.05) is 18.2 Å². The van der Waals surface area contributed by atoms with Crippen molar-refractivity contribution in [1.82, 2.24) is 5.32 Å². The lowest BCUT2D eigenvalue weighted by Gasteiger charge is -2.36. The van der Waals surface area contributed by atoms with Crippen LogP contribution in [-0.4, -0.2) is 30.3 Å². The number of hydrogen-bond acceptors (Lipinski definition) is 4. The van der Waals surface area contributed by atoms with Crippen LogP contribution >= 0.6 is 0 Å². The molecule has 0 unspecified atom stereocenters. The maximum absolute atomic E-state index is 11.6. The van der Waals surface area contributed by atoms with E-state index in [-0.39, 0.29) is 5.97 Å². The largest absolute Gasteiger partial charge is 0.465 e. The minimum atomic E-state index is -0.541. The van der Waals surface area contributed by atoms with Gasteiger partial charge in [-0.05, 0) is 30.9 Å². The lowest BCUT2D eigenvalue weighted by atomic mass is 9.80. The zero-order valence-corrected chi connectivity index (χ0v) is 10.6. The second kappa shape index (κ2) is 5.50. The van der Waals surface area contributed by atoms with E-state index in [0.717, 1.165) is 24.8 Å². The fourth-order valence-corrected chi connectivity index (χ4v) is 2.18. The van der Waals surface area contributed by atoms with Gasteiger partial charge < -0.3 is 15.2 Å². The highest BCUT2D eigenvalue weighted by Gasteiger charge is 2.33. The van der Waals surface area contributed by atoms with Crippen LogP contribution in [0.2, 0.25) is 0 Å². The molecule has 98 valence electrons. The highest BCUT2D eigenvalue weighted by molar-refractivity contribution is 5.90. The summed E-state index contributed by atoms with van der Waals surface area (Å²) >= 11 is 0. The molecule has 0 amide bonds. The van der Waals surface area contributed by atoms with Crippen LogP contribution in [0.5, 0.6) is 0 Å². The van der Waals surface area contributed by atoms with Gasteiger partial charge in [-0.2, -0.15) is 0 Å². The average Bonchev–Trinajstić information content (AvgIpc) is 2.36. The third kappa shape index (κ3) is 2.89. The van der Waals surface area contributed by atoms with Crippen molar-refractivity contribution in [2.75, 3.05) is 13.7 Å². The van der Waals surface area contributed by atoms with Gasteiger partial charge in [-0.15, -0.1) is 0 Å². The Balaban J connectivity index is 1.94. The Bertz CT molecular complexity index is 427. The van der Waals surface area contributed by atoms with Crippen LogP contribution in [-0.2, 0) is 11.3 Å². The zero-order valence-electron chi connectivity index (χ0n) is 10.6. The van der Waals surface area contributed by atoms with Crippen LogP contribution in [0.25, 0.3) is 0 Å². The number of hydrogen-bond donors (Lipinski definition) is 2. The molecule has 1 aromatic carbocycles. The van der Waals surface area contributed by atoms with Gasteiger partial charge >= 0.3 is 5.97 Å². The molecule has 0 heterocycles. The van der Waals surface area contributed by atoms with Crippen LogP contribution in [0, 0.1) is 0 Å². The quantitative estimate of drug-likeness (QED) is 0.776. The summed E-state index contributed by atoms with van der Waals surface area (Å²) in [5.41, 5.74) is 0.931. The molecular formula is C14H19NO3. The Morgan fingerprint density at radius 2 is 2.17 bits per heavy atom. The molecule has 4 nitrogen and oxygen atoms in total. The van der Waals surface area contributed by atoms with Crippen molar-refractivity contribution >= 4 is 5.97 Å². The molecule has 1 saturated carbocycles. The maximum Gasteiger partial charge on any atom is 0.338 e. The summed E-state index contributed by atoms with van der Waals surface area (Å²) < 4.78 is 4.74. The van der Waals surface area contributed by atoms with E-state index < -0.39 is 5.60 Å². The van der Waals surface area contributed by atoms with E-state index in [9.17, 15) is 9.90 Å². The molecule has 1 fully saturated rings. The molecule has 1 aliphatic rings. The Labute approximate surface area is 107 Å². The van der Waals surface area contributed by atoms with Gasteiger partial charge in [-0.3, -0.25) is 0 Å². The predicted octanol–water partition coefficient (Wildman–Crippen LogP) is 1.48. The number of nitrogens with one attached hydrogen (secondary N) is 1. The Morgan fingerprint density at radius 1 is 1.44 bits per heavy atom. The number of esters is 1. The van der Waals surface area contributed by atoms with Gasteiger partial charge in [0.05, 0.1) is 18.3 Å². The van der Waals surface area contributed by atoms with Crippen molar-refractivity contribution < 1.29 is 14.6 Å². The van der Waals surface area contributed by atoms with Gasteiger partial charge in [0.1, 0.15) is 0 Å². The maximum atomic E-state index is 11.6. The van der Waals surface area contributed by atoms with Crippen molar-refractivity contribution in [3.05, 3.63) is 35.4 Å². The molecule has 1 aliphatic carbocycles. The van der Waals surface area contributed by atoms with Gasteiger partial charge in [0.15, 0.2) is 0 Å². The molecule has 0 radical (unpaired) electrons. The van der Waals surface area contributed by atoms with E-state index in [0.29, 0.717) is 18.7 Å². The monoisotopic (exact) mass is 249 g/mol. The second-order valence-electron chi connectivity index (χ2n) is 4.83. The lowest BCUT2D eigenvalue weighted by molar-refractivity contribution is -0.0314. The second-order valence-corrected chi connectivity index (χ2v) is 4.83. The van der Waals surface area contributed by atoms with Crippen molar-refractivity contribution in [2.24, 2.45) is 0 Å². The van der Waals surface area contributed by atoms with Gasteiger partial charge in [-0.25, -0.2) is 4.79 Å². The summed E-state index contributed by atoms with van der Waals surface area (Å²) in [6.07, 6.45) is 2.81. The molecule has 4 heteroatoms. The summed E-state index contributed by atoms with van der Waals surface area (Å²) in [6.45, 7) is 1.14. The van der Waals surface area contributed by atoms with Crippen LogP contribution in [0.1, 0.15) is 35.2 Å². The van der Waals surface area contributed by atoms with Gasteiger partial charge in [0.2, 0.25) is 0 Å². The van der Waals surface area contributed by atoms with Crippen molar-refractivity contribution in [2.45, 2.75) is 31.4 Å². The molecule has 0 bridgehead atoms. The number of ether oxygens (including phenoxy) is 1. The summed E-state index contributed by atoms with van der Waals surface area (Å²) in [6, 6.07) is 7.35. The summed E-state index contributed by atoms with van der Waals surface area (Å²) in [5, 5.41) is 13.2. The van der Waals surface area contributed by atoms with Crippen molar-refractivity contribution in [3.63, 3.8) is 0 Å². The number of rotatable bonds is 5. The first-order chi connectivity index (χ1) is 8.64. The fraction of sp³-hybridized carbons (Fsp3) is 0.500. The molecule has 0 spiro atoms. The molecular weight excluding hydrogens is 230 g/mol. The SMILES string of the molecule is COC(=O)c1ccccc1CNCC1(O)CCC1. The summed E-state index contributed by atoms with van der Waals surface area (Å²) in [7, 11) is 1.38. The average molecular weight is 249 g/mol. The Kier molecular flexibility index (Phi) is 3.99. The highest BCUT2D eigenvalue weighted by Crippen LogP contribution is 2.30. The number of aliphatic hydroxyl groups is 1. The standard InChI is InChI=1S/C14H19NO3/c1-18-13(16)12-6-3-2-5-11(12)9-15-10-14(17)7-4-8-14/h2-3,5-6,15,17H,4,7-10H2,1H3. The molecule has 18 heavy (non-hydrogen) atoms. The van der Waals surface area contributed by atoms with E-state index in [1.165, 1.54) is 7.11 Å². The van der Waals surface area contributed by atoms with E-state index in [1.54, 1.807) is 6.07 Å². The fourth-order valence-electron chi connectivity index (χ4n) is 2.18. The highest BCUT2D eigenvalue weighted by atomic mass is 16.5. The number of methoxy groups -OCH3 is 1. The first-order valence-electron chi connectivity index (χ1n) is 6.24. The molecule has 2 N–H and O–H groups in total. The summed E-state index contributed by atoms with van der Waals surface area (Å²) in [4.78, 5) is 11.6. The van der Waals surface area contributed by atoms with Gasteiger partial charge in [-0.1, -0.05) is 18.2 Å². The summed E-state index contributed by atoms with van der Waals surface area (Å²) in [5.74, 6) is -0.324. The van der Waals surface area contributed by atoms with Gasteiger partial charge in [0.25, 0.3) is 0 Å². The molecule has 0 saturated heterocycles. The first kappa shape index (κ1) is 13.1. The molecule has 0 atom stereocenters. The molecule has 2 rings (SSSR count). The minimum absolute atomic E-state index is 0.324. The molecule has 0 aromatic heterocycles. The normalized spacial score (nSPS) is 17.0. The molecule has 1 aromatic rings. The zero-order chi connectivity index (χ0) is 13.0. The minimum Gasteiger partial charge on any atom is -0.465 e. The topological polar surface area (TPSA) is 58.6 Å². The third-order valence-corrected chi connectivity index (χ3v) is 3.48. The first-order valence-corrected chi connectivity index (χ1v) is 6.24. The third-order valence-electron chi connectivity index (χ3n) is 3.48.